The van der Waals surface area contributed by atoms with Gasteiger partial charge in [0, 0.05) is 35.9 Å². The summed E-state index contributed by atoms with van der Waals surface area (Å²) in [4.78, 5) is 17.2. The van der Waals surface area contributed by atoms with Crippen LogP contribution >= 0.6 is 0 Å². The molecule has 1 saturated carbocycles. The maximum atomic E-state index is 12.8. The molecule has 4 rings (SSSR count). The molecule has 1 N–H and O–H groups in total. The quantitative estimate of drug-likeness (QED) is 0.623. The molecule has 2 aromatic heterocycles. The fourth-order valence-electron chi connectivity index (χ4n) is 5.23. The lowest BCUT2D eigenvalue weighted by atomic mass is 9.50. The van der Waals surface area contributed by atoms with Crippen molar-refractivity contribution in [2.45, 2.75) is 52.4 Å². The summed E-state index contributed by atoms with van der Waals surface area (Å²) in [6.07, 6.45) is 3.18. The number of hydrogen-bond acceptors (Lipinski definition) is 6. The Labute approximate surface area is 152 Å². The van der Waals surface area contributed by atoms with Crippen molar-refractivity contribution in [2.75, 3.05) is 0 Å². The van der Waals surface area contributed by atoms with Crippen LogP contribution in [0.15, 0.2) is 16.4 Å². The molecule has 2 aliphatic carbocycles. The first-order valence-corrected chi connectivity index (χ1v) is 8.95. The van der Waals surface area contributed by atoms with E-state index in [2.05, 4.69) is 17.1 Å². The molecule has 0 aliphatic heterocycles. The number of ketones is 1. The summed E-state index contributed by atoms with van der Waals surface area (Å²) in [6.45, 7) is 7.90. The summed E-state index contributed by atoms with van der Waals surface area (Å²) in [5.41, 5.74) is 2.58. The Morgan fingerprint density at radius 1 is 1.35 bits per heavy atom. The van der Waals surface area contributed by atoms with Gasteiger partial charge in [-0.15, -0.1) is 0 Å². The smallest absolute Gasteiger partial charge is 0.223 e. The van der Waals surface area contributed by atoms with Crippen LogP contribution in [-0.4, -0.2) is 30.8 Å². The predicted molar refractivity (Wildman–Crippen MR) is 94.5 cm³/mol. The van der Waals surface area contributed by atoms with Gasteiger partial charge in [-0.3, -0.25) is 9.48 Å². The van der Waals surface area contributed by atoms with E-state index >= 15 is 0 Å². The lowest BCUT2D eigenvalue weighted by molar-refractivity contribution is -0.131. The van der Waals surface area contributed by atoms with Crippen molar-refractivity contribution in [2.24, 2.45) is 18.4 Å². The van der Waals surface area contributed by atoms with Crippen molar-refractivity contribution < 1.29 is 14.4 Å². The molecular weight excluding hydrogens is 332 g/mol. The molecule has 7 heteroatoms. The maximum Gasteiger partial charge on any atom is 0.223 e. The highest BCUT2D eigenvalue weighted by atomic mass is 16.5. The molecule has 0 unspecified atom stereocenters. The van der Waals surface area contributed by atoms with Gasteiger partial charge in [0.25, 0.3) is 0 Å². The zero-order valence-electron chi connectivity index (χ0n) is 15.8. The van der Waals surface area contributed by atoms with Crippen molar-refractivity contribution in [3.63, 3.8) is 0 Å². The lowest BCUT2D eigenvalue weighted by Gasteiger charge is -2.52. The SMILES string of the molecule is Cc1nc(-c2c3c(nn2C)[C@@]2(C)C/C(=C/O)C(=O)C(C)(C)[C@@H]2CC3)no1. The lowest BCUT2D eigenvalue weighted by Crippen LogP contribution is -2.53. The molecule has 0 amide bonds. The predicted octanol–water partition coefficient (Wildman–Crippen LogP) is 3.04. The molecule has 0 spiro atoms. The Hall–Kier alpha value is -2.44. The van der Waals surface area contributed by atoms with Crippen molar-refractivity contribution in [3.8, 4) is 11.5 Å². The molecule has 2 heterocycles. The van der Waals surface area contributed by atoms with E-state index in [0.717, 1.165) is 36.1 Å². The topological polar surface area (TPSA) is 94.0 Å². The van der Waals surface area contributed by atoms with Crippen LogP contribution in [0.3, 0.4) is 0 Å². The fourth-order valence-corrected chi connectivity index (χ4v) is 5.23. The number of aryl methyl sites for hydroxylation is 2. The zero-order valence-corrected chi connectivity index (χ0v) is 15.8. The molecule has 26 heavy (non-hydrogen) atoms. The first kappa shape index (κ1) is 17.0. The number of aliphatic hydroxyl groups is 1. The van der Waals surface area contributed by atoms with E-state index in [1.54, 1.807) is 6.92 Å². The number of carbonyl (C=O) groups excluding carboxylic acids is 1. The standard InChI is InChI=1S/C19H24N4O3/c1-10-20-17(22-26-10)14-12-6-7-13-18(2,3)16(25)11(9-24)8-19(13,4)15(12)21-23(14)5/h9,13,24H,6-8H2,1-5H3/b11-9-/t13-,19-/m0/s1. The number of aliphatic hydroxyl groups excluding tert-OH is 1. The number of hydrogen-bond donors (Lipinski definition) is 1. The summed E-state index contributed by atoms with van der Waals surface area (Å²) in [5, 5.41) is 18.5. The van der Waals surface area contributed by atoms with Crippen LogP contribution < -0.4 is 0 Å². The van der Waals surface area contributed by atoms with Gasteiger partial charge in [-0.05, 0) is 25.2 Å². The molecule has 0 radical (unpaired) electrons. The summed E-state index contributed by atoms with van der Waals surface area (Å²) in [6, 6.07) is 0. The van der Waals surface area contributed by atoms with Gasteiger partial charge in [-0.2, -0.15) is 10.1 Å². The molecule has 7 nitrogen and oxygen atoms in total. The molecule has 138 valence electrons. The summed E-state index contributed by atoms with van der Waals surface area (Å²) < 4.78 is 6.97. The van der Waals surface area contributed by atoms with Gasteiger partial charge in [-0.25, -0.2) is 0 Å². The number of nitrogens with zero attached hydrogens (tertiary/aromatic N) is 4. The molecule has 1 fully saturated rings. The Morgan fingerprint density at radius 2 is 2.08 bits per heavy atom. The molecule has 0 saturated heterocycles. The number of carbonyl (C=O) groups is 1. The Morgan fingerprint density at radius 3 is 2.69 bits per heavy atom. The minimum atomic E-state index is -0.542. The average molecular weight is 356 g/mol. The number of aromatic nitrogens is 4. The highest BCUT2D eigenvalue weighted by Crippen LogP contribution is 2.57. The Bertz CT molecular complexity index is 937. The molecule has 2 aromatic rings. The molecule has 0 bridgehead atoms. The summed E-state index contributed by atoms with van der Waals surface area (Å²) in [7, 11) is 1.89. The van der Waals surface area contributed by atoms with Crippen molar-refractivity contribution in [1.29, 1.82) is 0 Å². The third-order valence-corrected chi connectivity index (χ3v) is 6.34. The first-order valence-electron chi connectivity index (χ1n) is 8.95. The van der Waals surface area contributed by atoms with E-state index in [0.29, 0.717) is 23.7 Å². The average Bonchev–Trinajstić information content (AvgIpc) is 3.14. The van der Waals surface area contributed by atoms with Crippen molar-refractivity contribution in [1.82, 2.24) is 19.9 Å². The van der Waals surface area contributed by atoms with Gasteiger partial charge in [0.2, 0.25) is 11.7 Å². The molecular formula is C19H24N4O3. The van der Waals surface area contributed by atoms with E-state index in [9.17, 15) is 9.90 Å². The van der Waals surface area contributed by atoms with Crippen molar-refractivity contribution >= 4 is 5.78 Å². The third-order valence-electron chi connectivity index (χ3n) is 6.34. The zero-order chi connectivity index (χ0) is 18.9. The minimum Gasteiger partial charge on any atom is -0.515 e. The van der Waals surface area contributed by atoms with Crippen LogP contribution in [0.2, 0.25) is 0 Å². The number of Topliss-reactive ketones (excluding diaryl/α,β-unsaturated/α-hetero) is 1. The van der Waals surface area contributed by atoms with E-state index in [1.165, 1.54) is 0 Å². The normalized spacial score (nSPS) is 28.9. The highest BCUT2D eigenvalue weighted by Gasteiger charge is 2.57. The van der Waals surface area contributed by atoms with Gasteiger partial charge in [0.15, 0.2) is 5.78 Å². The van der Waals surface area contributed by atoms with E-state index in [-0.39, 0.29) is 17.1 Å². The van der Waals surface area contributed by atoms with E-state index < -0.39 is 5.41 Å². The van der Waals surface area contributed by atoms with Crippen LogP contribution in [0.5, 0.6) is 0 Å². The van der Waals surface area contributed by atoms with Crippen LogP contribution in [0, 0.1) is 18.3 Å². The monoisotopic (exact) mass is 356 g/mol. The van der Waals surface area contributed by atoms with Gasteiger partial charge in [0.05, 0.1) is 12.0 Å². The van der Waals surface area contributed by atoms with Crippen LogP contribution in [-0.2, 0) is 23.7 Å². The van der Waals surface area contributed by atoms with Gasteiger partial charge < -0.3 is 9.63 Å². The highest BCUT2D eigenvalue weighted by molar-refractivity contribution is 6.01. The molecule has 2 atom stereocenters. The maximum absolute atomic E-state index is 12.8. The second kappa shape index (κ2) is 5.28. The van der Waals surface area contributed by atoms with Crippen LogP contribution in [0.1, 0.15) is 50.8 Å². The van der Waals surface area contributed by atoms with Gasteiger partial charge in [-0.1, -0.05) is 25.9 Å². The fraction of sp³-hybridized carbons (Fsp3) is 0.579. The second-order valence-corrected chi connectivity index (χ2v) is 8.33. The first-order chi connectivity index (χ1) is 12.2. The van der Waals surface area contributed by atoms with Crippen molar-refractivity contribution in [3.05, 3.63) is 29.0 Å². The second-order valence-electron chi connectivity index (χ2n) is 8.33. The molecule has 2 aliphatic rings. The number of fused-ring (bicyclic) bond motifs is 3. The largest absolute Gasteiger partial charge is 0.515 e. The van der Waals surface area contributed by atoms with Crippen LogP contribution in [0.25, 0.3) is 11.5 Å². The van der Waals surface area contributed by atoms with Gasteiger partial charge >= 0.3 is 0 Å². The summed E-state index contributed by atoms with van der Waals surface area (Å²) in [5.74, 6) is 1.26. The summed E-state index contributed by atoms with van der Waals surface area (Å²) >= 11 is 0. The van der Waals surface area contributed by atoms with Gasteiger partial charge in [0.1, 0.15) is 5.69 Å². The van der Waals surface area contributed by atoms with E-state index in [4.69, 9.17) is 9.62 Å². The Kier molecular flexibility index (Phi) is 3.45. The molecule has 0 aromatic carbocycles. The van der Waals surface area contributed by atoms with Crippen LogP contribution in [0.4, 0.5) is 0 Å². The number of rotatable bonds is 1. The number of allylic oxidation sites excluding steroid dienone is 1. The van der Waals surface area contributed by atoms with E-state index in [1.807, 2.05) is 25.6 Å². The Balaban J connectivity index is 1.91. The third kappa shape index (κ3) is 2.06. The minimum absolute atomic E-state index is 0.0378.